The second-order valence-corrected chi connectivity index (χ2v) is 6.09. The molecule has 1 heterocycles. The Kier molecular flexibility index (Phi) is 4.62. The number of nitrogens with one attached hydrogen (secondary N) is 1. The summed E-state index contributed by atoms with van der Waals surface area (Å²) in [5, 5.41) is 3.97. The summed E-state index contributed by atoms with van der Waals surface area (Å²) in [6.07, 6.45) is 0. The summed E-state index contributed by atoms with van der Waals surface area (Å²) in [6.45, 7) is 3.82. The lowest BCUT2D eigenvalue weighted by molar-refractivity contribution is 1.12. The predicted octanol–water partition coefficient (Wildman–Crippen LogP) is 4.49. The van der Waals surface area contributed by atoms with Crippen molar-refractivity contribution in [1.29, 1.82) is 0 Å². The number of rotatable bonds is 3. The van der Waals surface area contributed by atoms with Gasteiger partial charge in [0.25, 0.3) is 0 Å². The maximum Gasteiger partial charge on any atom is 0.107 e. The van der Waals surface area contributed by atoms with Crippen molar-refractivity contribution in [3.63, 3.8) is 0 Å². The van der Waals surface area contributed by atoms with Gasteiger partial charge in [0.05, 0.1) is 16.3 Å². The molecule has 0 spiro atoms. The minimum Gasteiger partial charge on any atom is -0.389 e. The van der Waals surface area contributed by atoms with Gasteiger partial charge >= 0.3 is 0 Å². The first-order chi connectivity index (χ1) is 9.38. The SMILES string of the molecule is Cc1cc(Nc2ccc(Cl)c(Br)c2)c(C(N)=S)c(C)n1. The highest BCUT2D eigenvalue weighted by molar-refractivity contribution is 9.10. The average Bonchev–Trinajstić information content (AvgIpc) is 2.32. The summed E-state index contributed by atoms with van der Waals surface area (Å²) in [6, 6.07) is 7.53. The maximum atomic E-state index is 5.99. The number of nitrogens with zero attached hydrogens (tertiary/aromatic N) is 1. The number of aryl methyl sites for hydroxylation is 2. The highest BCUT2D eigenvalue weighted by atomic mass is 79.9. The second kappa shape index (κ2) is 6.08. The Labute approximate surface area is 136 Å². The Morgan fingerprint density at radius 2 is 2.05 bits per heavy atom. The van der Waals surface area contributed by atoms with Crippen molar-refractivity contribution in [2.75, 3.05) is 5.32 Å². The van der Waals surface area contributed by atoms with Gasteiger partial charge in [-0.3, -0.25) is 4.98 Å². The monoisotopic (exact) mass is 369 g/mol. The third-order valence-corrected chi connectivity index (χ3v) is 4.19. The quantitative estimate of drug-likeness (QED) is 0.781. The number of thiocarbonyl (C=S) groups is 1. The van der Waals surface area contributed by atoms with Crippen molar-refractivity contribution in [2.45, 2.75) is 13.8 Å². The van der Waals surface area contributed by atoms with Crippen LogP contribution >= 0.6 is 39.7 Å². The largest absolute Gasteiger partial charge is 0.389 e. The summed E-state index contributed by atoms with van der Waals surface area (Å²) in [4.78, 5) is 4.72. The summed E-state index contributed by atoms with van der Waals surface area (Å²) in [5.74, 6) is 0. The van der Waals surface area contributed by atoms with Crippen LogP contribution in [0.2, 0.25) is 5.02 Å². The van der Waals surface area contributed by atoms with Crippen molar-refractivity contribution in [1.82, 2.24) is 4.98 Å². The van der Waals surface area contributed by atoms with E-state index < -0.39 is 0 Å². The van der Waals surface area contributed by atoms with Crippen LogP contribution in [0.1, 0.15) is 17.0 Å². The minimum absolute atomic E-state index is 0.325. The molecule has 0 aliphatic rings. The summed E-state index contributed by atoms with van der Waals surface area (Å²) < 4.78 is 0.823. The molecule has 1 aromatic carbocycles. The van der Waals surface area contributed by atoms with Crippen molar-refractivity contribution >= 4 is 56.1 Å². The Bertz CT molecular complexity index is 688. The lowest BCUT2D eigenvalue weighted by atomic mass is 10.1. The van der Waals surface area contributed by atoms with E-state index in [4.69, 9.17) is 29.6 Å². The molecule has 0 fully saturated rings. The molecule has 20 heavy (non-hydrogen) atoms. The van der Waals surface area contributed by atoms with Crippen LogP contribution in [-0.2, 0) is 0 Å². The van der Waals surface area contributed by atoms with E-state index in [0.29, 0.717) is 10.0 Å². The number of hydrogen-bond acceptors (Lipinski definition) is 3. The lowest BCUT2D eigenvalue weighted by Gasteiger charge is -2.14. The number of pyridine rings is 1. The van der Waals surface area contributed by atoms with Gasteiger partial charge in [-0.15, -0.1) is 0 Å². The zero-order valence-corrected chi connectivity index (χ0v) is 14.2. The molecule has 0 unspecified atom stereocenters. The zero-order valence-electron chi connectivity index (χ0n) is 11.0. The number of halogens is 2. The summed E-state index contributed by atoms with van der Waals surface area (Å²) in [5.41, 5.74) is 10.0. The zero-order chi connectivity index (χ0) is 14.9. The highest BCUT2D eigenvalue weighted by Crippen LogP contribution is 2.29. The minimum atomic E-state index is 0.325. The number of benzene rings is 1. The predicted molar refractivity (Wildman–Crippen MR) is 92.0 cm³/mol. The van der Waals surface area contributed by atoms with Gasteiger partial charge in [-0.25, -0.2) is 0 Å². The molecule has 2 aromatic rings. The smallest absolute Gasteiger partial charge is 0.107 e. The third-order valence-electron chi connectivity index (χ3n) is 2.77. The molecule has 1 aromatic heterocycles. The Balaban J connectivity index is 2.47. The van der Waals surface area contributed by atoms with Crippen LogP contribution < -0.4 is 11.1 Å². The van der Waals surface area contributed by atoms with Crippen molar-refractivity contribution < 1.29 is 0 Å². The molecule has 104 valence electrons. The average molecular weight is 371 g/mol. The lowest BCUT2D eigenvalue weighted by Crippen LogP contribution is -2.15. The molecule has 0 aliphatic heterocycles. The van der Waals surface area contributed by atoms with E-state index in [1.807, 2.05) is 38.1 Å². The van der Waals surface area contributed by atoms with Crippen LogP contribution in [0.4, 0.5) is 11.4 Å². The fourth-order valence-electron chi connectivity index (χ4n) is 1.97. The molecular formula is C14H13BrClN3S. The van der Waals surface area contributed by atoms with Crippen LogP contribution in [0, 0.1) is 13.8 Å². The van der Waals surface area contributed by atoms with Crippen LogP contribution in [0.15, 0.2) is 28.7 Å². The van der Waals surface area contributed by atoms with Crippen LogP contribution in [0.5, 0.6) is 0 Å². The molecule has 3 N–H and O–H groups in total. The molecule has 0 saturated carbocycles. The van der Waals surface area contributed by atoms with Gasteiger partial charge in [0.2, 0.25) is 0 Å². The van der Waals surface area contributed by atoms with E-state index in [2.05, 4.69) is 26.2 Å². The highest BCUT2D eigenvalue weighted by Gasteiger charge is 2.11. The molecule has 3 nitrogen and oxygen atoms in total. The topological polar surface area (TPSA) is 50.9 Å². The summed E-state index contributed by atoms with van der Waals surface area (Å²) in [7, 11) is 0. The van der Waals surface area contributed by atoms with Crippen molar-refractivity contribution in [2.24, 2.45) is 5.73 Å². The fourth-order valence-corrected chi connectivity index (χ4v) is 2.72. The van der Waals surface area contributed by atoms with Crippen LogP contribution in [-0.4, -0.2) is 9.97 Å². The first-order valence-corrected chi connectivity index (χ1v) is 7.46. The van der Waals surface area contributed by atoms with E-state index >= 15 is 0 Å². The summed E-state index contributed by atoms with van der Waals surface area (Å²) >= 11 is 14.5. The Hall–Kier alpha value is -1.17. The Morgan fingerprint density at radius 1 is 1.35 bits per heavy atom. The van der Waals surface area contributed by atoms with Gasteiger partial charge in [0.15, 0.2) is 0 Å². The number of hydrogen-bond donors (Lipinski definition) is 2. The first kappa shape index (κ1) is 15.2. The molecule has 0 bridgehead atoms. The Morgan fingerprint density at radius 3 is 2.65 bits per heavy atom. The molecule has 0 amide bonds. The number of aromatic nitrogens is 1. The normalized spacial score (nSPS) is 10.4. The van der Waals surface area contributed by atoms with Crippen molar-refractivity contribution in [3.05, 3.63) is 50.7 Å². The molecule has 6 heteroatoms. The van der Waals surface area contributed by atoms with E-state index in [1.165, 1.54) is 0 Å². The first-order valence-electron chi connectivity index (χ1n) is 5.88. The number of anilines is 2. The van der Waals surface area contributed by atoms with E-state index in [-0.39, 0.29) is 0 Å². The number of nitrogens with two attached hydrogens (primary N) is 1. The second-order valence-electron chi connectivity index (χ2n) is 4.39. The van der Waals surface area contributed by atoms with Crippen LogP contribution in [0.25, 0.3) is 0 Å². The van der Waals surface area contributed by atoms with E-state index in [0.717, 1.165) is 32.8 Å². The third kappa shape index (κ3) is 3.29. The van der Waals surface area contributed by atoms with Crippen LogP contribution in [0.3, 0.4) is 0 Å². The van der Waals surface area contributed by atoms with Gasteiger partial charge < -0.3 is 11.1 Å². The molecule has 0 saturated heterocycles. The van der Waals surface area contributed by atoms with Crippen molar-refractivity contribution in [3.8, 4) is 0 Å². The van der Waals surface area contributed by atoms with Gasteiger partial charge in [0.1, 0.15) is 4.99 Å². The molecule has 0 radical (unpaired) electrons. The van der Waals surface area contributed by atoms with Gasteiger partial charge in [-0.1, -0.05) is 23.8 Å². The van der Waals surface area contributed by atoms with Gasteiger partial charge in [-0.05, 0) is 54.0 Å². The molecule has 0 atom stereocenters. The molecule has 0 aliphatic carbocycles. The van der Waals surface area contributed by atoms with Gasteiger partial charge in [-0.2, -0.15) is 0 Å². The van der Waals surface area contributed by atoms with E-state index in [1.54, 1.807) is 0 Å². The molecule has 2 rings (SSSR count). The standard InChI is InChI=1S/C14H13BrClN3S/c1-7-5-12(13(14(17)20)8(2)18-7)19-9-3-4-11(16)10(15)6-9/h3-6H,1-2H3,(H2,17,20)(H,18,19). The maximum absolute atomic E-state index is 5.99. The fraction of sp³-hybridized carbons (Fsp3) is 0.143. The molecular weight excluding hydrogens is 358 g/mol. The van der Waals surface area contributed by atoms with E-state index in [9.17, 15) is 0 Å². The van der Waals surface area contributed by atoms with Gasteiger partial charge in [0, 0.05) is 21.5 Å².